The summed E-state index contributed by atoms with van der Waals surface area (Å²) in [5.74, 6) is 1.48. The summed E-state index contributed by atoms with van der Waals surface area (Å²) in [6.07, 6.45) is 2.48. The maximum absolute atomic E-state index is 11.9. The molecule has 1 aliphatic heterocycles. The van der Waals surface area contributed by atoms with Gasteiger partial charge in [0.25, 0.3) is 0 Å². The molecule has 0 saturated carbocycles. The second-order valence-corrected chi connectivity index (χ2v) is 5.82. The quantitative estimate of drug-likeness (QED) is 0.868. The third-order valence-electron chi connectivity index (χ3n) is 3.46. The first-order valence-corrected chi connectivity index (χ1v) is 7.35. The van der Waals surface area contributed by atoms with Gasteiger partial charge in [0, 0.05) is 19.0 Å². The Hall–Kier alpha value is -1.55. The van der Waals surface area contributed by atoms with Crippen LogP contribution in [0.3, 0.4) is 0 Å². The molecule has 0 aromatic heterocycles. The Bertz CT molecular complexity index is 460. The highest BCUT2D eigenvalue weighted by Gasteiger charge is 2.24. The zero-order chi connectivity index (χ0) is 14.5. The van der Waals surface area contributed by atoms with Gasteiger partial charge in [-0.25, -0.2) is 0 Å². The van der Waals surface area contributed by atoms with Crippen molar-refractivity contribution in [3.63, 3.8) is 0 Å². The minimum atomic E-state index is 0.0253. The number of benzene rings is 1. The maximum Gasteiger partial charge on any atom is 0.227 e. The van der Waals surface area contributed by atoms with Gasteiger partial charge in [-0.3, -0.25) is 4.79 Å². The second-order valence-electron chi connectivity index (χ2n) is 5.82. The first-order chi connectivity index (χ1) is 9.58. The molecule has 0 radical (unpaired) electrons. The predicted octanol–water partition coefficient (Wildman–Crippen LogP) is 2.57. The highest BCUT2D eigenvalue weighted by molar-refractivity contribution is 5.96. The SMILES string of the molecule is CC(C)C[C@H](N)COc1ccccc1N1CCCC1=O. The number of ether oxygens (including phenoxy) is 1. The van der Waals surface area contributed by atoms with E-state index in [0.29, 0.717) is 18.9 Å². The van der Waals surface area contributed by atoms with Crippen molar-refractivity contribution in [2.45, 2.75) is 39.2 Å². The van der Waals surface area contributed by atoms with Gasteiger partial charge in [-0.2, -0.15) is 0 Å². The van der Waals surface area contributed by atoms with E-state index in [2.05, 4.69) is 13.8 Å². The Labute approximate surface area is 120 Å². The first-order valence-electron chi connectivity index (χ1n) is 7.35. The summed E-state index contributed by atoms with van der Waals surface area (Å²) in [7, 11) is 0. The minimum absolute atomic E-state index is 0.0253. The molecule has 1 aromatic carbocycles. The molecular weight excluding hydrogens is 252 g/mol. The van der Waals surface area contributed by atoms with Gasteiger partial charge in [-0.15, -0.1) is 0 Å². The van der Waals surface area contributed by atoms with Gasteiger partial charge < -0.3 is 15.4 Å². The molecule has 1 saturated heterocycles. The van der Waals surface area contributed by atoms with Crippen LogP contribution in [0.15, 0.2) is 24.3 Å². The number of carbonyl (C=O) groups is 1. The summed E-state index contributed by atoms with van der Waals surface area (Å²) in [5.41, 5.74) is 6.92. The summed E-state index contributed by atoms with van der Waals surface area (Å²) in [6.45, 7) is 5.56. The van der Waals surface area contributed by atoms with Crippen LogP contribution in [0.2, 0.25) is 0 Å². The van der Waals surface area contributed by atoms with Crippen molar-refractivity contribution in [1.82, 2.24) is 0 Å². The molecule has 1 amide bonds. The van der Waals surface area contributed by atoms with Gasteiger partial charge in [0.2, 0.25) is 5.91 Å². The van der Waals surface area contributed by atoms with Crippen molar-refractivity contribution >= 4 is 11.6 Å². The molecule has 110 valence electrons. The molecule has 20 heavy (non-hydrogen) atoms. The van der Waals surface area contributed by atoms with Crippen LogP contribution in [0.25, 0.3) is 0 Å². The zero-order valence-corrected chi connectivity index (χ0v) is 12.3. The molecule has 2 N–H and O–H groups in total. The van der Waals surface area contributed by atoms with E-state index in [1.54, 1.807) is 0 Å². The lowest BCUT2D eigenvalue weighted by atomic mass is 10.1. The molecule has 0 spiro atoms. The molecule has 1 aliphatic rings. The number of carbonyl (C=O) groups excluding carboxylic acids is 1. The van der Waals surface area contributed by atoms with Gasteiger partial charge in [0.05, 0.1) is 5.69 Å². The number of hydrogen-bond donors (Lipinski definition) is 1. The van der Waals surface area contributed by atoms with E-state index in [1.807, 2.05) is 29.2 Å². The molecule has 2 rings (SSSR count). The summed E-state index contributed by atoms with van der Waals surface area (Å²) in [6, 6.07) is 7.72. The molecule has 1 fully saturated rings. The Balaban J connectivity index is 2.03. The summed E-state index contributed by atoms with van der Waals surface area (Å²) in [4.78, 5) is 13.7. The minimum Gasteiger partial charge on any atom is -0.490 e. The van der Waals surface area contributed by atoms with Crippen LogP contribution in [0.5, 0.6) is 5.75 Å². The van der Waals surface area contributed by atoms with Crippen LogP contribution in [-0.4, -0.2) is 25.1 Å². The van der Waals surface area contributed by atoms with E-state index in [1.165, 1.54) is 0 Å². The van der Waals surface area contributed by atoms with Crippen LogP contribution in [-0.2, 0) is 4.79 Å². The Morgan fingerprint density at radius 1 is 1.35 bits per heavy atom. The first kappa shape index (κ1) is 14.9. The van der Waals surface area contributed by atoms with Gasteiger partial charge >= 0.3 is 0 Å². The second kappa shape index (κ2) is 6.75. The number of nitrogens with two attached hydrogens (primary N) is 1. The molecular formula is C16H24N2O2. The Morgan fingerprint density at radius 3 is 2.75 bits per heavy atom. The van der Waals surface area contributed by atoms with E-state index in [4.69, 9.17) is 10.5 Å². The van der Waals surface area contributed by atoms with E-state index >= 15 is 0 Å². The fraction of sp³-hybridized carbons (Fsp3) is 0.562. The highest BCUT2D eigenvalue weighted by atomic mass is 16.5. The number of rotatable bonds is 6. The molecule has 1 aromatic rings. The standard InChI is InChI=1S/C16H24N2O2/c1-12(2)10-13(17)11-20-15-7-4-3-6-14(15)18-9-5-8-16(18)19/h3-4,6-7,12-13H,5,8-11,17H2,1-2H3/t13-/m0/s1. The van der Waals surface area contributed by atoms with Crippen LogP contribution < -0.4 is 15.4 Å². The topological polar surface area (TPSA) is 55.6 Å². The molecule has 0 unspecified atom stereocenters. The fourth-order valence-electron chi connectivity index (χ4n) is 2.58. The molecule has 1 heterocycles. The number of amides is 1. The van der Waals surface area contributed by atoms with Crippen molar-refractivity contribution in [1.29, 1.82) is 0 Å². The van der Waals surface area contributed by atoms with Crippen molar-refractivity contribution in [2.75, 3.05) is 18.1 Å². The van der Waals surface area contributed by atoms with Gasteiger partial charge in [-0.1, -0.05) is 26.0 Å². The van der Waals surface area contributed by atoms with Gasteiger partial charge in [0.1, 0.15) is 12.4 Å². The van der Waals surface area contributed by atoms with Gasteiger partial charge in [-0.05, 0) is 30.9 Å². The van der Waals surface area contributed by atoms with Crippen LogP contribution in [0.4, 0.5) is 5.69 Å². The Kier molecular flexibility index (Phi) is 5.01. The normalized spacial score (nSPS) is 16.8. The lowest BCUT2D eigenvalue weighted by molar-refractivity contribution is -0.117. The summed E-state index contributed by atoms with van der Waals surface area (Å²) < 4.78 is 5.84. The van der Waals surface area contributed by atoms with Gasteiger partial charge in [0.15, 0.2) is 0 Å². The van der Waals surface area contributed by atoms with Crippen molar-refractivity contribution < 1.29 is 9.53 Å². The summed E-state index contributed by atoms with van der Waals surface area (Å²) >= 11 is 0. The molecule has 0 aliphatic carbocycles. The molecule has 0 bridgehead atoms. The number of anilines is 1. The zero-order valence-electron chi connectivity index (χ0n) is 12.3. The number of para-hydroxylation sites is 2. The van der Waals surface area contributed by atoms with Crippen molar-refractivity contribution in [3.05, 3.63) is 24.3 Å². The smallest absolute Gasteiger partial charge is 0.227 e. The van der Waals surface area contributed by atoms with E-state index in [-0.39, 0.29) is 11.9 Å². The largest absolute Gasteiger partial charge is 0.490 e. The predicted molar refractivity (Wildman–Crippen MR) is 81.0 cm³/mol. The van der Waals surface area contributed by atoms with Crippen molar-refractivity contribution in [2.24, 2.45) is 11.7 Å². The molecule has 4 heteroatoms. The number of nitrogens with zero attached hydrogens (tertiary/aromatic N) is 1. The number of hydrogen-bond acceptors (Lipinski definition) is 3. The summed E-state index contributed by atoms with van der Waals surface area (Å²) in [5, 5.41) is 0. The highest BCUT2D eigenvalue weighted by Crippen LogP contribution is 2.31. The average molecular weight is 276 g/mol. The van der Waals surface area contributed by atoms with E-state index in [0.717, 1.165) is 30.8 Å². The maximum atomic E-state index is 11.9. The van der Waals surface area contributed by atoms with Crippen LogP contribution in [0, 0.1) is 5.92 Å². The third kappa shape index (κ3) is 3.73. The van der Waals surface area contributed by atoms with E-state index < -0.39 is 0 Å². The fourth-order valence-corrected chi connectivity index (χ4v) is 2.58. The average Bonchev–Trinajstić information content (AvgIpc) is 2.82. The monoisotopic (exact) mass is 276 g/mol. The van der Waals surface area contributed by atoms with E-state index in [9.17, 15) is 4.79 Å². The molecule has 1 atom stereocenters. The lowest BCUT2D eigenvalue weighted by Crippen LogP contribution is -2.30. The van der Waals surface area contributed by atoms with Crippen molar-refractivity contribution in [3.8, 4) is 5.75 Å². The third-order valence-corrected chi connectivity index (χ3v) is 3.46. The Morgan fingerprint density at radius 2 is 2.10 bits per heavy atom. The molecule has 4 nitrogen and oxygen atoms in total. The lowest BCUT2D eigenvalue weighted by Gasteiger charge is -2.21. The van der Waals surface area contributed by atoms with Crippen LogP contribution in [0.1, 0.15) is 33.1 Å². The van der Waals surface area contributed by atoms with Crippen LogP contribution >= 0.6 is 0 Å².